The zero-order chi connectivity index (χ0) is 12.5. The van der Waals surface area contributed by atoms with Crippen LogP contribution in [0.5, 0.6) is 0 Å². The molecule has 0 aliphatic heterocycles. The van der Waals surface area contributed by atoms with E-state index in [1.807, 2.05) is 38.1 Å². The van der Waals surface area contributed by atoms with E-state index in [1.54, 1.807) is 6.20 Å². The lowest BCUT2D eigenvalue weighted by Crippen LogP contribution is -2.34. The van der Waals surface area contributed by atoms with Crippen LogP contribution in [0.15, 0.2) is 30.5 Å². The molecule has 0 unspecified atom stereocenters. The minimum atomic E-state index is -0.365. The summed E-state index contributed by atoms with van der Waals surface area (Å²) >= 11 is 0. The van der Waals surface area contributed by atoms with E-state index >= 15 is 0 Å². The maximum absolute atomic E-state index is 9.27. The van der Waals surface area contributed by atoms with Gasteiger partial charge in [-0.3, -0.25) is 4.98 Å². The quantitative estimate of drug-likeness (QED) is 0.706. The summed E-state index contributed by atoms with van der Waals surface area (Å²) in [6.45, 7) is 3.94. The third-order valence-electron chi connectivity index (χ3n) is 2.64. The van der Waals surface area contributed by atoms with Crippen molar-refractivity contribution >= 4 is 22.3 Å². The van der Waals surface area contributed by atoms with E-state index in [9.17, 15) is 5.11 Å². The molecule has 4 nitrogen and oxygen atoms in total. The van der Waals surface area contributed by atoms with Crippen LogP contribution in [-0.2, 0) is 0 Å². The fourth-order valence-corrected chi connectivity index (χ4v) is 1.68. The Hall–Kier alpha value is -1.81. The van der Waals surface area contributed by atoms with E-state index in [2.05, 4.69) is 10.3 Å². The molecule has 2 aromatic rings. The van der Waals surface area contributed by atoms with Gasteiger partial charge in [-0.15, -0.1) is 0 Å². The van der Waals surface area contributed by atoms with Crippen molar-refractivity contribution in [2.75, 3.05) is 17.7 Å². The first kappa shape index (κ1) is 11.7. The number of pyridine rings is 1. The number of rotatable bonds is 3. The van der Waals surface area contributed by atoms with Crippen LogP contribution in [0, 0.1) is 0 Å². The Bertz CT molecular complexity index is 537. The Morgan fingerprint density at radius 3 is 2.82 bits per heavy atom. The summed E-state index contributed by atoms with van der Waals surface area (Å²) < 4.78 is 0. The Morgan fingerprint density at radius 1 is 1.35 bits per heavy atom. The molecule has 0 aliphatic rings. The van der Waals surface area contributed by atoms with Gasteiger partial charge in [-0.05, 0) is 38.1 Å². The van der Waals surface area contributed by atoms with Crippen LogP contribution in [0.4, 0.5) is 11.4 Å². The van der Waals surface area contributed by atoms with E-state index in [0.717, 1.165) is 16.6 Å². The monoisotopic (exact) mass is 231 g/mol. The molecular weight excluding hydrogens is 214 g/mol. The number of hydrogen-bond acceptors (Lipinski definition) is 4. The summed E-state index contributed by atoms with van der Waals surface area (Å²) in [6, 6.07) is 7.52. The Balaban J connectivity index is 2.48. The van der Waals surface area contributed by atoms with Crippen LogP contribution in [0.25, 0.3) is 10.9 Å². The minimum Gasteiger partial charge on any atom is -0.399 e. The summed E-state index contributed by atoms with van der Waals surface area (Å²) in [6.07, 6.45) is 1.73. The van der Waals surface area contributed by atoms with Gasteiger partial charge in [0.2, 0.25) is 0 Å². The number of aromatic nitrogens is 1. The second-order valence-corrected chi connectivity index (χ2v) is 4.80. The van der Waals surface area contributed by atoms with Crippen molar-refractivity contribution in [2.45, 2.75) is 19.4 Å². The molecule has 0 saturated carbocycles. The summed E-state index contributed by atoms with van der Waals surface area (Å²) in [5.41, 5.74) is 7.86. The molecule has 1 aromatic heterocycles. The van der Waals surface area contributed by atoms with Gasteiger partial charge in [0.25, 0.3) is 0 Å². The van der Waals surface area contributed by atoms with Gasteiger partial charge in [-0.1, -0.05) is 0 Å². The Labute approximate surface area is 100 Å². The van der Waals surface area contributed by atoms with E-state index in [1.165, 1.54) is 0 Å². The summed E-state index contributed by atoms with van der Waals surface area (Å²) in [5.74, 6) is 0. The molecule has 4 N–H and O–H groups in total. The molecule has 0 atom stereocenters. The van der Waals surface area contributed by atoms with E-state index in [-0.39, 0.29) is 12.1 Å². The fourth-order valence-electron chi connectivity index (χ4n) is 1.68. The molecule has 0 amide bonds. The van der Waals surface area contributed by atoms with Gasteiger partial charge in [0, 0.05) is 23.0 Å². The largest absolute Gasteiger partial charge is 0.399 e. The predicted molar refractivity (Wildman–Crippen MR) is 70.9 cm³/mol. The van der Waals surface area contributed by atoms with Crippen LogP contribution in [0.3, 0.4) is 0 Å². The normalized spacial score (nSPS) is 11.7. The van der Waals surface area contributed by atoms with Gasteiger partial charge >= 0.3 is 0 Å². The molecule has 0 fully saturated rings. The number of hydrogen-bond donors (Lipinski definition) is 3. The molecule has 0 radical (unpaired) electrons. The molecule has 0 saturated heterocycles. The first-order chi connectivity index (χ1) is 8.02. The number of fused-ring (bicyclic) bond motifs is 1. The minimum absolute atomic E-state index is 0.0613. The average Bonchev–Trinajstić information content (AvgIpc) is 2.28. The summed E-state index contributed by atoms with van der Waals surface area (Å²) in [5, 5.41) is 13.6. The number of benzene rings is 1. The van der Waals surface area contributed by atoms with Crippen molar-refractivity contribution in [3.05, 3.63) is 30.5 Å². The van der Waals surface area contributed by atoms with Gasteiger partial charge in [-0.2, -0.15) is 0 Å². The maximum atomic E-state index is 9.27. The standard InChI is InChI=1S/C13H17N3O/c1-13(2,8-17)16-11-5-6-15-12-7-9(14)3-4-10(11)12/h3-7,17H,8,14H2,1-2H3,(H,15,16). The highest BCUT2D eigenvalue weighted by Gasteiger charge is 2.16. The molecular formula is C13H17N3O. The average molecular weight is 231 g/mol. The van der Waals surface area contributed by atoms with Gasteiger partial charge < -0.3 is 16.2 Å². The second-order valence-electron chi connectivity index (χ2n) is 4.80. The Morgan fingerprint density at radius 2 is 2.12 bits per heavy atom. The number of aliphatic hydroxyl groups excluding tert-OH is 1. The molecule has 90 valence electrons. The van der Waals surface area contributed by atoms with Gasteiger partial charge in [0.15, 0.2) is 0 Å². The molecule has 1 heterocycles. The highest BCUT2D eigenvalue weighted by molar-refractivity contribution is 5.92. The zero-order valence-electron chi connectivity index (χ0n) is 10.1. The van der Waals surface area contributed by atoms with Crippen molar-refractivity contribution in [3.63, 3.8) is 0 Å². The smallest absolute Gasteiger partial charge is 0.0743 e. The summed E-state index contributed by atoms with van der Waals surface area (Å²) in [4.78, 5) is 4.28. The number of nitrogens with zero attached hydrogens (tertiary/aromatic N) is 1. The van der Waals surface area contributed by atoms with Crippen molar-refractivity contribution in [1.82, 2.24) is 4.98 Å². The molecule has 0 bridgehead atoms. The van der Waals surface area contributed by atoms with Crippen LogP contribution >= 0.6 is 0 Å². The Kier molecular flexibility index (Phi) is 2.90. The maximum Gasteiger partial charge on any atom is 0.0743 e. The molecule has 4 heteroatoms. The van der Waals surface area contributed by atoms with Crippen molar-refractivity contribution in [2.24, 2.45) is 0 Å². The molecule has 0 aliphatic carbocycles. The van der Waals surface area contributed by atoms with E-state index in [0.29, 0.717) is 5.69 Å². The topological polar surface area (TPSA) is 71.2 Å². The number of aliphatic hydroxyl groups is 1. The number of nitrogens with two attached hydrogens (primary N) is 1. The summed E-state index contributed by atoms with van der Waals surface area (Å²) in [7, 11) is 0. The highest BCUT2D eigenvalue weighted by Crippen LogP contribution is 2.25. The van der Waals surface area contributed by atoms with Crippen LogP contribution < -0.4 is 11.1 Å². The molecule has 1 aromatic carbocycles. The van der Waals surface area contributed by atoms with Gasteiger partial charge in [0.1, 0.15) is 0 Å². The third-order valence-corrected chi connectivity index (χ3v) is 2.64. The first-order valence-corrected chi connectivity index (χ1v) is 5.55. The van der Waals surface area contributed by atoms with E-state index < -0.39 is 0 Å². The van der Waals surface area contributed by atoms with Crippen molar-refractivity contribution < 1.29 is 5.11 Å². The number of nitrogens with one attached hydrogen (secondary N) is 1. The zero-order valence-corrected chi connectivity index (χ0v) is 10.1. The van der Waals surface area contributed by atoms with Gasteiger partial charge in [0.05, 0.1) is 17.7 Å². The fraction of sp³-hybridized carbons (Fsp3) is 0.308. The lowest BCUT2D eigenvalue weighted by atomic mass is 10.1. The van der Waals surface area contributed by atoms with Crippen molar-refractivity contribution in [1.29, 1.82) is 0 Å². The van der Waals surface area contributed by atoms with Crippen LogP contribution in [0.1, 0.15) is 13.8 Å². The number of nitrogen functional groups attached to an aromatic ring is 1. The van der Waals surface area contributed by atoms with E-state index in [4.69, 9.17) is 5.73 Å². The molecule has 17 heavy (non-hydrogen) atoms. The van der Waals surface area contributed by atoms with Crippen LogP contribution in [-0.4, -0.2) is 22.2 Å². The molecule has 2 rings (SSSR count). The number of anilines is 2. The SMILES string of the molecule is CC(C)(CO)Nc1ccnc2cc(N)ccc12. The van der Waals surface area contributed by atoms with Crippen molar-refractivity contribution in [3.8, 4) is 0 Å². The predicted octanol–water partition coefficient (Wildman–Crippen LogP) is 2.00. The lowest BCUT2D eigenvalue weighted by molar-refractivity contribution is 0.234. The van der Waals surface area contributed by atoms with Crippen LogP contribution in [0.2, 0.25) is 0 Å². The highest BCUT2D eigenvalue weighted by atomic mass is 16.3. The lowest BCUT2D eigenvalue weighted by Gasteiger charge is -2.25. The second kappa shape index (κ2) is 4.22. The van der Waals surface area contributed by atoms with Gasteiger partial charge in [-0.25, -0.2) is 0 Å². The first-order valence-electron chi connectivity index (χ1n) is 5.55. The molecule has 0 spiro atoms. The third kappa shape index (κ3) is 2.47.